The van der Waals surface area contributed by atoms with Crippen LogP contribution >= 0.6 is 0 Å². The minimum absolute atomic E-state index is 0.139. The fourth-order valence-electron chi connectivity index (χ4n) is 2.44. The molecule has 0 spiro atoms. The normalized spacial score (nSPS) is 12.6. The molecule has 0 saturated heterocycles. The molecule has 2 aromatic rings. The molecule has 1 heterocycles. The summed E-state index contributed by atoms with van der Waals surface area (Å²) < 4.78 is 2.09. The number of hydrogen-bond donors (Lipinski definition) is 1. The van der Waals surface area contributed by atoms with Crippen LogP contribution in [0.2, 0.25) is 0 Å². The van der Waals surface area contributed by atoms with Gasteiger partial charge < -0.3 is 5.73 Å². The molecule has 102 valence electrons. The Morgan fingerprint density at radius 3 is 2.68 bits per heavy atom. The minimum Gasteiger partial charge on any atom is -0.324 e. The Balaban J connectivity index is 1.86. The van der Waals surface area contributed by atoms with Gasteiger partial charge in [-0.2, -0.15) is 5.10 Å². The molecule has 0 bridgehead atoms. The molecule has 0 aliphatic heterocycles. The lowest BCUT2D eigenvalue weighted by molar-refractivity contribution is 0.569. The summed E-state index contributed by atoms with van der Waals surface area (Å²) in [5, 5.41) is 4.47. The SMILES string of the molecule is CCn1nc(C)cc1CCCC(N)c1ccccc1. The van der Waals surface area contributed by atoms with Crippen LogP contribution in [0.5, 0.6) is 0 Å². The van der Waals surface area contributed by atoms with Crippen molar-refractivity contribution in [1.82, 2.24) is 9.78 Å². The standard InChI is InChI=1S/C16H23N3/c1-3-19-15(12-13(2)18-19)10-7-11-16(17)14-8-5-4-6-9-14/h4-6,8-9,12,16H,3,7,10-11,17H2,1-2H3. The van der Waals surface area contributed by atoms with Crippen LogP contribution in [0.4, 0.5) is 0 Å². The fraction of sp³-hybridized carbons (Fsp3) is 0.438. The fourth-order valence-corrected chi connectivity index (χ4v) is 2.44. The van der Waals surface area contributed by atoms with E-state index in [1.807, 2.05) is 25.1 Å². The second-order valence-corrected chi connectivity index (χ2v) is 5.00. The van der Waals surface area contributed by atoms with Crippen molar-refractivity contribution in [3.63, 3.8) is 0 Å². The van der Waals surface area contributed by atoms with E-state index in [4.69, 9.17) is 5.73 Å². The van der Waals surface area contributed by atoms with Crippen LogP contribution in [0.25, 0.3) is 0 Å². The Hall–Kier alpha value is -1.61. The van der Waals surface area contributed by atoms with E-state index in [9.17, 15) is 0 Å². The van der Waals surface area contributed by atoms with Crippen molar-refractivity contribution in [1.29, 1.82) is 0 Å². The van der Waals surface area contributed by atoms with Crippen LogP contribution in [0.15, 0.2) is 36.4 Å². The average Bonchev–Trinajstić information content (AvgIpc) is 2.80. The summed E-state index contributed by atoms with van der Waals surface area (Å²) in [6, 6.07) is 12.6. The van der Waals surface area contributed by atoms with E-state index < -0.39 is 0 Å². The molecule has 2 N–H and O–H groups in total. The van der Waals surface area contributed by atoms with E-state index >= 15 is 0 Å². The molecule has 0 radical (unpaired) electrons. The van der Waals surface area contributed by atoms with Gasteiger partial charge in [0.15, 0.2) is 0 Å². The number of aromatic nitrogens is 2. The summed E-state index contributed by atoms with van der Waals surface area (Å²) in [7, 11) is 0. The molecule has 0 aliphatic rings. The highest BCUT2D eigenvalue weighted by molar-refractivity contribution is 5.18. The van der Waals surface area contributed by atoms with Gasteiger partial charge in [0.05, 0.1) is 5.69 Å². The van der Waals surface area contributed by atoms with Crippen molar-refractivity contribution in [2.24, 2.45) is 5.73 Å². The van der Waals surface area contributed by atoms with Crippen LogP contribution in [0.1, 0.15) is 42.8 Å². The summed E-state index contributed by atoms with van der Waals surface area (Å²) in [6.07, 6.45) is 3.16. The van der Waals surface area contributed by atoms with E-state index in [0.717, 1.165) is 31.5 Å². The summed E-state index contributed by atoms with van der Waals surface area (Å²) in [6.45, 7) is 5.12. The molecule has 3 nitrogen and oxygen atoms in total. The molecular formula is C16H23N3. The predicted molar refractivity (Wildman–Crippen MR) is 78.9 cm³/mol. The average molecular weight is 257 g/mol. The largest absolute Gasteiger partial charge is 0.324 e. The molecule has 0 amide bonds. The van der Waals surface area contributed by atoms with Crippen molar-refractivity contribution in [2.75, 3.05) is 0 Å². The van der Waals surface area contributed by atoms with Crippen molar-refractivity contribution in [3.8, 4) is 0 Å². The Kier molecular flexibility index (Phi) is 4.74. The minimum atomic E-state index is 0.139. The number of rotatable bonds is 6. The van der Waals surface area contributed by atoms with Crippen molar-refractivity contribution < 1.29 is 0 Å². The summed E-state index contributed by atoms with van der Waals surface area (Å²) in [5.41, 5.74) is 9.86. The van der Waals surface area contributed by atoms with E-state index in [-0.39, 0.29) is 6.04 Å². The van der Waals surface area contributed by atoms with Gasteiger partial charge in [-0.3, -0.25) is 4.68 Å². The number of nitrogens with two attached hydrogens (primary N) is 1. The highest BCUT2D eigenvalue weighted by Gasteiger charge is 2.07. The van der Waals surface area contributed by atoms with Crippen LogP contribution in [0.3, 0.4) is 0 Å². The van der Waals surface area contributed by atoms with E-state index in [0.29, 0.717) is 0 Å². The van der Waals surface area contributed by atoms with Gasteiger partial charge in [-0.05, 0) is 44.7 Å². The molecule has 3 heteroatoms. The topological polar surface area (TPSA) is 43.8 Å². The molecule has 0 saturated carbocycles. The number of benzene rings is 1. The summed E-state index contributed by atoms with van der Waals surface area (Å²) >= 11 is 0. The smallest absolute Gasteiger partial charge is 0.0596 e. The summed E-state index contributed by atoms with van der Waals surface area (Å²) in [5.74, 6) is 0. The molecule has 1 aromatic heterocycles. The molecule has 0 fully saturated rings. The van der Waals surface area contributed by atoms with Gasteiger partial charge in [0.25, 0.3) is 0 Å². The Morgan fingerprint density at radius 1 is 1.26 bits per heavy atom. The van der Waals surface area contributed by atoms with Crippen LogP contribution < -0.4 is 5.73 Å². The Morgan fingerprint density at radius 2 is 2.00 bits per heavy atom. The number of hydrogen-bond acceptors (Lipinski definition) is 2. The van der Waals surface area contributed by atoms with Crippen LogP contribution in [-0.2, 0) is 13.0 Å². The third-order valence-electron chi connectivity index (χ3n) is 3.46. The maximum atomic E-state index is 6.21. The first-order valence-corrected chi connectivity index (χ1v) is 7.04. The van der Waals surface area contributed by atoms with Gasteiger partial charge in [-0.25, -0.2) is 0 Å². The summed E-state index contributed by atoms with van der Waals surface area (Å²) in [4.78, 5) is 0. The van der Waals surface area contributed by atoms with Gasteiger partial charge in [0.1, 0.15) is 0 Å². The van der Waals surface area contributed by atoms with Crippen LogP contribution in [-0.4, -0.2) is 9.78 Å². The zero-order valence-corrected chi connectivity index (χ0v) is 11.8. The molecular weight excluding hydrogens is 234 g/mol. The van der Waals surface area contributed by atoms with Gasteiger partial charge in [0.2, 0.25) is 0 Å². The van der Waals surface area contributed by atoms with E-state index in [1.54, 1.807) is 0 Å². The van der Waals surface area contributed by atoms with Crippen molar-refractivity contribution in [2.45, 2.75) is 45.7 Å². The monoisotopic (exact) mass is 257 g/mol. The maximum Gasteiger partial charge on any atom is 0.0596 e. The lowest BCUT2D eigenvalue weighted by Gasteiger charge is -2.12. The predicted octanol–water partition coefficient (Wildman–Crippen LogP) is 3.23. The molecule has 1 aromatic carbocycles. The quantitative estimate of drug-likeness (QED) is 0.863. The van der Waals surface area contributed by atoms with E-state index in [1.165, 1.54) is 11.3 Å². The van der Waals surface area contributed by atoms with Crippen molar-refractivity contribution >= 4 is 0 Å². The Bertz CT molecular complexity index is 502. The highest BCUT2D eigenvalue weighted by Crippen LogP contribution is 2.17. The first-order chi connectivity index (χ1) is 9.20. The maximum absolute atomic E-state index is 6.21. The number of aryl methyl sites for hydroxylation is 3. The third kappa shape index (κ3) is 3.67. The second-order valence-electron chi connectivity index (χ2n) is 5.00. The molecule has 2 rings (SSSR count). The molecule has 1 unspecified atom stereocenters. The van der Waals surface area contributed by atoms with Crippen LogP contribution in [0, 0.1) is 6.92 Å². The molecule has 19 heavy (non-hydrogen) atoms. The third-order valence-corrected chi connectivity index (χ3v) is 3.46. The molecule has 1 atom stereocenters. The van der Waals surface area contributed by atoms with Gasteiger partial charge in [-0.15, -0.1) is 0 Å². The first-order valence-electron chi connectivity index (χ1n) is 7.04. The first kappa shape index (κ1) is 13.8. The van der Waals surface area contributed by atoms with E-state index in [2.05, 4.69) is 34.9 Å². The lowest BCUT2D eigenvalue weighted by atomic mass is 10.0. The van der Waals surface area contributed by atoms with Gasteiger partial charge in [0, 0.05) is 18.3 Å². The number of nitrogens with zero attached hydrogens (tertiary/aromatic N) is 2. The zero-order chi connectivity index (χ0) is 13.7. The zero-order valence-electron chi connectivity index (χ0n) is 11.8. The molecule has 0 aliphatic carbocycles. The Labute approximate surface area is 115 Å². The van der Waals surface area contributed by atoms with Gasteiger partial charge >= 0.3 is 0 Å². The second kappa shape index (κ2) is 6.53. The van der Waals surface area contributed by atoms with Gasteiger partial charge in [-0.1, -0.05) is 30.3 Å². The lowest BCUT2D eigenvalue weighted by Crippen LogP contribution is -2.11. The highest BCUT2D eigenvalue weighted by atomic mass is 15.3. The van der Waals surface area contributed by atoms with Crippen molar-refractivity contribution in [3.05, 3.63) is 53.3 Å².